The van der Waals surface area contributed by atoms with Crippen LogP contribution in [0.1, 0.15) is 26.4 Å². The summed E-state index contributed by atoms with van der Waals surface area (Å²) in [5, 5.41) is 3.02. The number of benzene rings is 2. The van der Waals surface area contributed by atoms with Gasteiger partial charge in [-0.1, -0.05) is 11.6 Å². The predicted octanol–water partition coefficient (Wildman–Crippen LogP) is 4.57. The molecule has 0 saturated carbocycles. The maximum Gasteiger partial charge on any atom is 0.416 e. The van der Waals surface area contributed by atoms with Gasteiger partial charge in [0.2, 0.25) is 10.0 Å². The molecule has 1 aromatic heterocycles. The molecule has 0 atom stereocenters. The minimum atomic E-state index is -4.48. The summed E-state index contributed by atoms with van der Waals surface area (Å²) in [5.41, 5.74) is -0.291. The third kappa shape index (κ3) is 5.62. The predicted molar refractivity (Wildman–Crippen MR) is 112 cm³/mol. The Morgan fingerprint density at radius 1 is 1.16 bits per heavy atom. The van der Waals surface area contributed by atoms with Crippen molar-refractivity contribution in [2.45, 2.75) is 17.5 Å². The molecule has 0 aliphatic rings. The van der Waals surface area contributed by atoms with Crippen LogP contribution in [0.3, 0.4) is 0 Å². The maximum absolute atomic E-state index is 12.9. The van der Waals surface area contributed by atoms with E-state index in [9.17, 15) is 26.4 Å². The lowest BCUT2D eigenvalue weighted by molar-refractivity contribution is -0.137. The number of halogens is 4. The molecule has 3 aromatic rings. The highest BCUT2D eigenvalue weighted by molar-refractivity contribution is 7.89. The largest absolute Gasteiger partial charge is 0.416 e. The lowest BCUT2D eigenvalue weighted by Gasteiger charge is -2.09. The van der Waals surface area contributed by atoms with Gasteiger partial charge >= 0.3 is 6.18 Å². The molecule has 0 aliphatic heterocycles. The zero-order valence-corrected chi connectivity index (χ0v) is 18.2. The molecule has 0 bridgehead atoms. The van der Waals surface area contributed by atoms with E-state index in [2.05, 4.69) is 15.0 Å². The molecule has 0 saturated heterocycles. The van der Waals surface area contributed by atoms with Crippen molar-refractivity contribution in [1.82, 2.24) is 9.71 Å². The number of carbonyl (C=O) groups is 1. The fraction of sp³-hybridized carbons (Fsp3) is 0.158. The highest BCUT2D eigenvalue weighted by Crippen LogP contribution is 2.33. The molecule has 1 heterocycles. The molecule has 1 amide bonds. The first-order valence-electron chi connectivity index (χ1n) is 8.65. The molecule has 0 unspecified atom stereocenters. The van der Waals surface area contributed by atoms with E-state index >= 15 is 0 Å². The van der Waals surface area contributed by atoms with Crippen molar-refractivity contribution in [3.05, 3.63) is 75.3 Å². The van der Waals surface area contributed by atoms with Gasteiger partial charge in [0, 0.05) is 28.1 Å². The van der Waals surface area contributed by atoms with Gasteiger partial charge in [0.1, 0.15) is 0 Å². The van der Waals surface area contributed by atoms with E-state index in [1.54, 1.807) is 0 Å². The van der Waals surface area contributed by atoms with Crippen molar-refractivity contribution in [2.75, 3.05) is 12.4 Å². The second kappa shape index (κ2) is 8.95. The van der Waals surface area contributed by atoms with Crippen molar-refractivity contribution in [2.24, 2.45) is 0 Å². The van der Waals surface area contributed by atoms with Crippen LogP contribution in [0.2, 0.25) is 5.02 Å². The first kappa shape index (κ1) is 23.2. The Labute approximate surface area is 185 Å². The minimum absolute atomic E-state index is 0.0149. The standard InChI is InChI=1S/C19H15ClF3N3O3S2/c1-24-31(28,29)15-5-2-11(3-6-15)17(27)26-18-25-10-14(30-18)9-12-8-13(19(21,22)23)4-7-16(12)20/h2-8,10,24H,9H2,1H3,(H,25,26,27). The van der Waals surface area contributed by atoms with E-state index in [1.165, 1.54) is 43.6 Å². The van der Waals surface area contributed by atoms with Crippen LogP contribution in [0, 0.1) is 0 Å². The maximum atomic E-state index is 12.9. The molecule has 12 heteroatoms. The summed E-state index contributed by atoms with van der Waals surface area (Å²) in [6.07, 6.45) is -2.92. The molecular weight excluding hydrogens is 475 g/mol. The van der Waals surface area contributed by atoms with Crippen LogP contribution in [0.15, 0.2) is 53.6 Å². The SMILES string of the molecule is CNS(=O)(=O)c1ccc(C(=O)Nc2ncc(Cc3cc(C(F)(F)F)ccc3Cl)s2)cc1. The van der Waals surface area contributed by atoms with Crippen molar-refractivity contribution in [1.29, 1.82) is 0 Å². The van der Waals surface area contributed by atoms with E-state index < -0.39 is 27.7 Å². The number of thiazole rings is 1. The van der Waals surface area contributed by atoms with Gasteiger partial charge in [0.15, 0.2) is 5.13 Å². The zero-order chi connectivity index (χ0) is 22.8. The monoisotopic (exact) mass is 489 g/mol. The summed E-state index contributed by atoms with van der Waals surface area (Å²) in [6.45, 7) is 0. The van der Waals surface area contributed by atoms with Gasteiger partial charge in [0.25, 0.3) is 5.91 Å². The molecule has 164 valence electrons. The van der Waals surface area contributed by atoms with E-state index in [0.717, 1.165) is 23.5 Å². The quantitative estimate of drug-likeness (QED) is 0.531. The summed E-state index contributed by atoms with van der Waals surface area (Å²) >= 11 is 7.12. The van der Waals surface area contributed by atoms with E-state index in [0.29, 0.717) is 10.4 Å². The topological polar surface area (TPSA) is 88.2 Å². The Kier molecular flexibility index (Phi) is 6.70. The molecule has 2 N–H and O–H groups in total. The molecule has 31 heavy (non-hydrogen) atoms. The van der Waals surface area contributed by atoms with Crippen molar-refractivity contribution >= 4 is 44.0 Å². The minimum Gasteiger partial charge on any atom is -0.298 e. The van der Waals surface area contributed by atoms with Gasteiger partial charge in [0.05, 0.1) is 10.5 Å². The van der Waals surface area contributed by atoms with Gasteiger partial charge in [-0.25, -0.2) is 18.1 Å². The van der Waals surface area contributed by atoms with E-state index in [4.69, 9.17) is 11.6 Å². The average molecular weight is 490 g/mol. The normalized spacial score (nSPS) is 12.0. The van der Waals surface area contributed by atoms with Gasteiger partial charge < -0.3 is 0 Å². The van der Waals surface area contributed by atoms with Crippen LogP contribution in [-0.2, 0) is 22.6 Å². The number of alkyl halides is 3. The first-order chi connectivity index (χ1) is 14.5. The van der Waals surface area contributed by atoms with Gasteiger partial charge in [-0.05, 0) is 55.1 Å². The van der Waals surface area contributed by atoms with Crippen molar-refractivity contribution < 1.29 is 26.4 Å². The van der Waals surface area contributed by atoms with Crippen LogP contribution >= 0.6 is 22.9 Å². The fourth-order valence-corrected chi connectivity index (χ4v) is 4.34. The summed E-state index contributed by atoms with van der Waals surface area (Å²) in [7, 11) is -2.33. The number of sulfonamides is 1. The summed E-state index contributed by atoms with van der Waals surface area (Å²) in [4.78, 5) is 17.0. The van der Waals surface area contributed by atoms with Crippen LogP contribution in [0.5, 0.6) is 0 Å². The number of nitrogens with zero attached hydrogens (tertiary/aromatic N) is 1. The Morgan fingerprint density at radius 2 is 1.84 bits per heavy atom. The van der Waals surface area contributed by atoms with Gasteiger partial charge in [-0.2, -0.15) is 13.2 Å². The summed E-state index contributed by atoms with van der Waals surface area (Å²) < 4.78 is 64.4. The molecule has 0 radical (unpaired) electrons. The van der Waals surface area contributed by atoms with Gasteiger partial charge in [-0.3, -0.25) is 10.1 Å². The molecule has 6 nitrogen and oxygen atoms in total. The van der Waals surface area contributed by atoms with Crippen molar-refractivity contribution in [3.8, 4) is 0 Å². The Balaban J connectivity index is 1.71. The second-order valence-electron chi connectivity index (χ2n) is 6.30. The Hall–Kier alpha value is -2.47. The Bertz CT molecular complexity index is 1210. The highest BCUT2D eigenvalue weighted by atomic mass is 35.5. The van der Waals surface area contributed by atoms with Crippen LogP contribution < -0.4 is 10.0 Å². The number of hydrogen-bond acceptors (Lipinski definition) is 5. The second-order valence-corrected chi connectivity index (χ2v) is 9.71. The van der Waals surface area contributed by atoms with Crippen LogP contribution in [-0.4, -0.2) is 26.4 Å². The molecule has 0 aliphatic carbocycles. The lowest BCUT2D eigenvalue weighted by atomic mass is 10.1. The number of nitrogens with one attached hydrogen (secondary N) is 2. The number of carbonyl (C=O) groups excluding carboxylic acids is 1. The average Bonchev–Trinajstić information content (AvgIpc) is 3.15. The van der Waals surface area contributed by atoms with Crippen molar-refractivity contribution in [3.63, 3.8) is 0 Å². The number of amides is 1. The molecule has 3 rings (SSSR count). The molecule has 0 fully saturated rings. The lowest BCUT2D eigenvalue weighted by Crippen LogP contribution is -2.19. The summed E-state index contributed by atoms with van der Waals surface area (Å²) in [5.74, 6) is -0.508. The number of hydrogen-bond donors (Lipinski definition) is 2. The zero-order valence-electron chi connectivity index (χ0n) is 15.8. The number of anilines is 1. The van der Waals surface area contributed by atoms with Gasteiger partial charge in [-0.15, -0.1) is 11.3 Å². The molecule has 0 spiro atoms. The number of rotatable bonds is 6. The third-order valence-electron chi connectivity index (χ3n) is 4.21. The van der Waals surface area contributed by atoms with Crippen LogP contribution in [0.25, 0.3) is 0 Å². The third-order valence-corrected chi connectivity index (χ3v) is 6.92. The van der Waals surface area contributed by atoms with E-state index in [-0.39, 0.29) is 27.0 Å². The van der Waals surface area contributed by atoms with Crippen LogP contribution in [0.4, 0.5) is 18.3 Å². The Morgan fingerprint density at radius 3 is 2.45 bits per heavy atom. The summed E-state index contributed by atoms with van der Waals surface area (Å²) in [6, 6.07) is 8.40. The van der Waals surface area contributed by atoms with E-state index in [1.807, 2.05) is 0 Å². The smallest absolute Gasteiger partial charge is 0.298 e. The highest BCUT2D eigenvalue weighted by Gasteiger charge is 2.31. The first-order valence-corrected chi connectivity index (χ1v) is 11.3. The number of aromatic nitrogens is 1. The molecule has 2 aromatic carbocycles. The fourth-order valence-electron chi connectivity index (χ4n) is 2.59. The molecular formula is C19H15ClF3N3O3S2.